The maximum absolute atomic E-state index is 5.99. The van der Waals surface area contributed by atoms with Gasteiger partial charge in [0.2, 0.25) is 0 Å². The molecule has 0 radical (unpaired) electrons. The molecule has 1 saturated heterocycles. The van der Waals surface area contributed by atoms with E-state index in [1.54, 1.807) is 0 Å². The minimum atomic E-state index is 0.353. The Bertz CT molecular complexity index is 310. The molecule has 2 N–H and O–H groups in total. The van der Waals surface area contributed by atoms with E-state index in [1.165, 1.54) is 5.56 Å². The van der Waals surface area contributed by atoms with Crippen LogP contribution in [0.25, 0.3) is 0 Å². The minimum absolute atomic E-state index is 0.353. The molecule has 1 aliphatic heterocycles. The second-order valence-corrected chi connectivity index (χ2v) is 4.63. The first kappa shape index (κ1) is 10.7. The van der Waals surface area contributed by atoms with E-state index in [2.05, 4.69) is 49.1 Å². The van der Waals surface area contributed by atoms with Gasteiger partial charge in [-0.3, -0.25) is 4.90 Å². The van der Waals surface area contributed by atoms with Crippen molar-refractivity contribution >= 4 is 0 Å². The van der Waals surface area contributed by atoms with Gasteiger partial charge in [0.05, 0.1) is 0 Å². The molecule has 1 aromatic rings. The third-order valence-corrected chi connectivity index (χ3v) is 3.43. The van der Waals surface area contributed by atoms with Crippen molar-refractivity contribution in [3.8, 4) is 0 Å². The van der Waals surface area contributed by atoms with Crippen LogP contribution in [0, 0.1) is 0 Å². The molecule has 2 rings (SSSR count). The van der Waals surface area contributed by atoms with Crippen LogP contribution >= 0.6 is 0 Å². The lowest BCUT2D eigenvalue weighted by Gasteiger charge is -2.28. The van der Waals surface area contributed by atoms with Crippen LogP contribution in [0.15, 0.2) is 30.3 Å². The zero-order valence-electron chi connectivity index (χ0n) is 9.56. The van der Waals surface area contributed by atoms with E-state index in [-0.39, 0.29) is 0 Å². The zero-order chi connectivity index (χ0) is 10.8. The Kier molecular flexibility index (Phi) is 3.08. The van der Waals surface area contributed by atoms with Crippen LogP contribution in [0.2, 0.25) is 0 Å². The van der Waals surface area contributed by atoms with Gasteiger partial charge in [0.25, 0.3) is 0 Å². The van der Waals surface area contributed by atoms with Crippen molar-refractivity contribution in [1.82, 2.24) is 4.90 Å². The number of nitrogens with two attached hydrogens (primary N) is 1. The average Bonchev–Trinajstić information content (AvgIpc) is 2.58. The van der Waals surface area contributed by atoms with Crippen molar-refractivity contribution in [3.05, 3.63) is 35.9 Å². The fourth-order valence-corrected chi connectivity index (χ4v) is 2.56. The summed E-state index contributed by atoms with van der Waals surface area (Å²) in [6, 6.07) is 12.1. The molecule has 0 amide bonds. The summed E-state index contributed by atoms with van der Waals surface area (Å²) in [6.07, 6.45) is 1.12. The second-order valence-electron chi connectivity index (χ2n) is 4.63. The lowest BCUT2D eigenvalue weighted by molar-refractivity contribution is 0.203. The summed E-state index contributed by atoms with van der Waals surface area (Å²) in [6.45, 7) is 5.56. The Morgan fingerprint density at radius 3 is 2.53 bits per heavy atom. The molecule has 0 saturated carbocycles. The van der Waals surface area contributed by atoms with Crippen LogP contribution in [0.1, 0.15) is 31.9 Å². The summed E-state index contributed by atoms with van der Waals surface area (Å²) in [5, 5.41) is 0. The van der Waals surface area contributed by atoms with Crippen molar-refractivity contribution in [2.45, 2.75) is 38.4 Å². The molecule has 82 valence electrons. The quantitative estimate of drug-likeness (QED) is 0.800. The second kappa shape index (κ2) is 4.33. The largest absolute Gasteiger partial charge is 0.326 e. The van der Waals surface area contributed by atoms with Gasteiger partial charge in [0.1, 0.15) is 0 Å². The summed E-state index contributed by atoms with van der Waals surface area (Å²) >= 11 is 0. The number of nitrogens with zero attached hydrogens (tertiary/aromatic N) is 1. The first-order chi connectivity index (χ1) is 7.18. The maximum Gasteiger partial charge on any atom is 0.0323 e. The highest BCUT2D eigenvalue weighted by Crippen LogP contribution is 2.28. The van der Waals surface area contributed by atoms with Gasteiger partial charge in [-0.15, -0.1) is 0 Å². The molecule has 0 aromatic heterocycles. The Hall–Kier alpha value is -0.860. The Morgan fingerprint density at radius 2 is 2.00 bits per heavy atom. The van der Waals surface area contributed by atoms with Gasteiger partial charge < -0.3 is 5.73 Å². The van der Waals surface area contributed by atoms with Gasteiger partial charge in [-0.2, -0.15) is 0 Å². The number of hydrogen-bond donors (Lipinski definition) is 1. The lowest BCUT2D eigenvalue weighted by Crippen LogP contribution is -2.31. The smallest absolute Gasteiger partial charge is 0.0323 e. The van der Waals surface area contributed by atoms with Crippen LogP contribution in [0.4, 0.5) is 0 Å². The zero-order valence-corrected chi connectivity index (χ0v) is 9.56. The van der Waals surface area contributed by atoms with E-state index in [4.69, 9.17) is 5.73 Å². The average molecular weight is 204 g/mol. The van der Waals surface area contributed by atoms with Gasteiger partial charge in [0, 0.05) is 24.7 Å². The monoisotopic (exact) mass is 204 g/mol. The third-order valence-electron chi connectivity index (χ3n) is 3.43. The molecule has 1 heterocycles. The minimum Gasteiger partial charge on any atom is -0.326 e. The first-order valence-corrected chi connectivity index (χ1v) is 5.74. The molecule has 1 aromatic carbocycles. The summed E-state index contributed by atoms with van der Waals surface area (Å²) < 4.78 is 0. The van der Waals surface area contributed by atoms with Crippen LogP contribution in [0.3, 0.4) is 0 Å². The van der Waals surface area contributed by atoms with Crippen molar-refractivity contribution in [1.29, 1.82) is 0 Å². The first-order valence-electron chi connectivity index (χ1n) is 5.74. The number of likely N-dealkylation sites (tertiary alicyclic amines) is 1. The van der Waals surface area contributed by atoms with E-state index in [0.717, 1.165) is 13.0 Å². The molecule has 2 heteroatoms. The molecule has 1 fully saturated rings. The SMILES string of the molecule is CC(c1ccccc1)N1CC(N)C[C@@H]1C. The topological polar surface area (TPSA) is 29.3 Å². The van der Waals surface area contributed by atoms with E-state index >= 15 is 0 Å². The number of rotatable bonds is 2. The highest BCUT2D eigenvalue weighted by Gasteiger charge is 2.30. The predicted octanol–water partition coefficient (Wildman–Crippen LogP) is 2.17. The summed E-state index contributed by atoms with van der Waals surface area (Å²) in [5.41, 5.74) is 7.38. The normalized spacial score (nSPS) is 29.3. The van der Waals surface area contributed by atoms with Crippen molar-refractivity contribution in [2.24, 2.45) is 5.73 Å². The van der Waals surface area contributed by atoms with E-state index in [9.17, 15) is 0 Å². The lowest BCUT2D eigenvalue weighted by atomic mass is 10.1. The van der Waals surface area contributed by atoms with Crippen LogP contribution in [0.5, 0.6) is 0 Å². The maximum atomic E-state index is 5.99. The molecule has 0 aliphatic carbocycles. The Morgan fingerprint density at radius 1 is 1.33 bits per heavy atom. The van der Waals surface area contributed by atoms with E-state index in [1.807, 2.05) is 0 Å². The molecule has 2 nitrogen and oxygen atoms in total. The standard InChI is InChI=1S/C13H20N2/c1-10-8-13(14)9-15(10)11(2)12-6-4-3-5-7-12/h3-7,10-11,13H,8-9,14H2,1-2H3/t10-,11?,13?/m0/s1. The van der Waals surface area contributed by atoms with Gasteiger partial charge in [-0.1, -0.05) is 30.3 Å². The van der Waals surface area contributed by atoms with E-state index in [0.29, 0.717) is 18.1 Å². The number of benzene rings is 1. The Balaban J connectivity index is 2.11. The van der Waals surface area contributed by atoms with Crippen molar-refractivity contribution < 1.29 is 0 Å². The van der Waals surface area contributed by atoms with Gasteiger partial charge in [-0.25, -0.2) is 0 Å². The third kappa shape index (κ3) is 2.21. The van der Waals surface area contributed by atoms with Crippen LogP contribution in [-0.2, 0) is 0 Å². The fourth-order valence-electron chi connectivity index (χ4n) is 2.56. The summed E-state index contributed by atoms with van der Waals surface area (Å²) in [5.74, 6) is 0. The number of hydrogen-bond acceptors (Lipinski definition) is 2. The molecular formula is C13H20N2. The van der Waals surface area contributed by atoms with Gasteiger partial charge >= 0.3 is 0 Å². The van der Waals surface area contributed by atoms with Crippen LogP contribution < -0.4 is 5.73 Å². The summed E-state index contributed by atoms with van der Waals surface area (Å²) in [7, 11) is 0. The van der Waals surface area contributed by atoms with Gasteiger partial charge in [-0.05, 0) is 25.8 Å². The van der Waals surface area contributed by atoms with Crippen LogP contribution in [-0.4, -0.2) is 23.5 Å². The molecule has 15 heavy (non-hydrogen) atoms. The van der Waals surface area contributed by atoms with Crippen molar-refractivity contribution in [3.63, 3.8) is 0 Å². The van der Waals surface area contributed by atoms with Crippen molar-refractivity contribution in [2.75, 3.05) is 6.54 Å². The van der Waals surface area contributed by atoms with Gasteiger partial charge in [0.15, 0.2) is 0 Å². The molecular weight excluding hydrogens is 184 g/mol. The molecule has 3 atom stereocenters. The highest BCUT2D eigenvalue weighted by atomic mass is 15.2. The molecule has 2 unspecified atom stereocenters. The fraction of sp³-hybridized carbons (Fsp3) is 0.538. The van der Waals surface area contributed by atoms with E-state index < -0.39 is 0 Å². The highest BCUT2D eigenvalue weighted by molar-refractivity contribution is 5.19. The molecule has 0 bridgehead atoms. The Labute approximate surface area is 92.1 Å². The molecule has 1 aliphatic rings. The molecule has 0 spiro atoms. The predicted molar refractivity (Wildman–Crippen MR) is 63.6 cm³/mol. The summed E-state index contributed by atoms with van der Waals surface area (Å²) in [4.78, 5) is 2.50.